The van der Waals surface area contributed by atoms with Crippen molar-refractivity contribution >= 4 is 61.4 Å². The maximum atomic E-state index is 12.7. The number of thioether (sulfide) groups is 1. The molecule has 172 valence electrons. The van der Waals surface area contributed by atoms with Crippen LogP contribution in [0.3, 0.4) is 0 Å². The Kier molecular flexibility index (Phi) is 5.76. The molecule has 0 aliphatic heterocycles. The molecule has 3 heterocycles. The summed E-state index contributed by atoms with van der Waals surface area (Å²) in [6.07, 6.45) is 1.80. The minimum Gasteiger partial charge on any atom is -0.431 e. The lowest BCUT2D eigenvalue weighted by atomic mass is 10.0. The topological polar surface area (TPSA) is 71.8 Å². The van der Waals surface area contributed by atoms with Gasteiger partial charge < -0.3 is 9.40 Å². The van der Waals surface area contributed by atoms with Gasteiger partial charge in [-0.3, -0.25) is 4.79 Å². The largest absolute Gasteiger partial charge is 0.431 e. The van der Waals surface area contributed by atoms with Crippen molar-refractivity contribution in [1.29, 1.82) is 0 Å². The molecule has 1 N–H and O–H groups in total. The number of rotatable bonds is 6. The zero-order chi connectivity index (χ0) is 23.8. The number of hydrogen-bond donors (Lipinski definition) is 1. The number of pyridine rings is 1. The Morgan fingerprint density at radius 2 is 1.77 bits per heavy atom. The van der Waals surface area contributed by atoms with Gasteiger partial charge in [0, 0.05) is 39.5 Å². The number of aryl methyl sites for hydroxylation is 1. The standard InChI is InChI=1S/C28H20ClN3O2S/c29-18-13-15-22-20(16-18)19(27(31-22)24-14-12-17-6-1-2-8-21(17)30-24)7-5-11-26(33)35-28-32-23-9-3-4-10-25(23)34-28/h1-4,6,8-10,12-16,31H,5,7,11H2. The van der Waals surface area contributed by atoms with E-state index in [9.17, 15) is 4.79 Å². The molecule has 3 aromatic carbocycles. The number of H-pyrrole nitrogens is 1. The Morgan fingerprint density at radius 3 is 2.66 bits per heavy atom. The minimum atomic E-state index is 0.0276. The molecular weight excluding hydrogens is 478 g/mol. The molecule has 0 unspecified atom stereocenters. The second-order valence-electron chi connectivity index (χ2n) is 8.33. The van der Waals surface area contributed by atoms with Crippen LogP contribution < -0.4 is 0 Å². The lowest BCUT2D eigenvalue weighted by Crippen LogP contribution is -1.96. The smallest absolute Gasteiger partial charge is 0.264 e. The monoisotopic (exact) mass is 497 g/mol. The lowest BCUT2D eigenvalue weighted by Gasteiger charge is -2.06. The van der Waals surface area contributed by atoms with Gasteiger partial charge in [0.1, 0.15) is 5.52 Å². The van der Waals surface area contributed by atoms with Crippen LogP contribution in [0, 0.1) is 0 Å². The molecule has 0 saturated carbocycles. The third kappa shape index (κ3) is 4.43. The van der Waals surface area contributed by atoms with E-state index in [-0.39, 0.29) is 5.12 Å². The van der Waals surface area contributed by atoms with Gasteiger partial charge in [0.05, 0.1) is 16.9 Å². The van der Waals surface area contributed by atoms with E-state index in [1.54, 1.807) is 0 Å². The van der Waals surface area contributed by atoms with Crippen LogP contribution in [0.4, 0.5) is 0 Å². The third-order valence-corrected chi connectivity index (χ3v) is 7.02. The molecule has 6 rings (SSSR count). The summed E-state index contributed by atoms with van der Waals surface area (Å²) >= 11 is 7.38. The lowest BCUT2D eigenvalue weighted by molar-refractivity contribution is -0.111. The van der Waals surface area contributed by atoms with Crippen LogP contribution in [0.1, 0.15) is 18.4 Å². The van der Waals surface area contributed by atoms with Crippen LogP contribution in [0.25, 0.3) is 44.3 Å². The summed E-state index contributed by atoms with van der Waals surface area (Å²) in [6, 6.07) is 25.5. The quantitative estimate of drug-likeness (QED) is 0.237. The predicted molar refractivity (Wildman–Crippen MR) is 142 cm³/mol. The molecule has 0 spiro atoms. The van der Waals surface area contributed by atoms with Crippen LogP contribution in [-0.2, 0) is 11.2 Å². The predicted octanol–water partition coefficient (Wildman–Crippen LogP) is 7.82. The van der Waals surface area contributed by atoms with Crippen LogP contribution in [0.5, 0.6) is 0 Å². The number of nitrogens with one attached hydrogen (secondary N) is 1. The summed E-state index contributed by atoms with van der Waals surface area (Å²) in [6.45, 7) is 0. The highest BCUT2D eigenvalue weighted by molar-refractivity contribution is 8.13. The van der Waals surface area contributed by atoms with Crippen LogP contribution in [-0.4, -0.2) is 20.1 Å². The molecule has 0 bridgehead atoms. The molecular formula is C28H20ClN3O2S. The Morgan fingerprint density at radius 1 is 0.943 bits per heavy atom. The minimum absolute atomic E-state index is 0.0276. The van der Waals surface area contributed by atoms with E-state index in [1.165, 1.54) is 0 Å². The molecule has 0 saturated heterocycles. The number of oxazole rings is 1. The molecule has 7 heteroatoms. The van der Waals surface area contributed by atoms with Crippen molar-refractivity contribution in [2.45, 2.75) is 24.5 Å². The van der Waals surface area contributed by atoms with Gasteiger partial charge in [-0.1, -0.05) is 48.0 Å². The van der Waals surface area contributed by atoms with E-state index >= 15 is 0 Å². The van der Waals surface area contributed by atoms with Crippen molar-refractivity contribution in [3.05, 3.63) is 89.4 Å². The van der Waals surface area contributed by atoms with E-state index in [2.05, 4.69) is 22.1 Å². The first-order chi connectivity index (χ1) is 17.1. The molecule has 6 aromatic rings. The van der Waals surface area contributed by atoms with Crippen molar-refractivity contribution in [2.24, 2.45) is 0 Å². The maximum Gasteiger partial charge on any atom is 0.264 e. The van der Waals surface area contributed by atoms with Gasteiger partial charge in [0.2, 0.25) is 0 Å². The van der Waals surface area contributed by atoms with Gasteiger partial charge in [-0.05, 0) is 60.9 Å². The number of benzene rings is 3. The van der Waals surface area contributed by atoms with Crippen molar-refractivity contribution in [1.82, 2.24) is 15.0 Å². The number of aromatic nitrogens is 3. The molecule has 0 aliphatic carbocycles. The SMILES string of the molecule is O=C(CCCc1c(-c2ccc3ccccc3n2)[nH]c2ccc(Cl)cc12)Sc1nc2ccccc2o1. The molecule has 0 amide bonds. The number of fused-ring (bicyclic) bond motifs is 3. The fourth-order valence-corrected chi connectivity index (χ4v) is 5.24. The second-order valence-corrected chi connectivity index (χ2v) is 9.78. The number of carbonyl (C=O) groups is 1. The first-order valence-corrected chi connectivity index (χ1v) is 12.6. The average molecular weight is 498 g/mol. The van der Waals surface area contributed by atoms with Crippen molar-refractivity contribution < 1.29 is 9.21 Å². The average Bonchev–Trinajstić information content (AvgIpc) is 3.44. The summed E-state index contributed by atoms with van der Waals surface area (Å²) in [5.74, 6) is 0. The summed E-state index contributed by atoms with van der Waals surface area (Å²) in [5, 5.41) is 3.24. The van der Waals surface area contributed by atoms with Gasteiger partial charge in [-0.2, -0.15) is 0 Å². The van der Waals surface area contributed by atoms with Crippen molar-refractivity contribution in [2.75, 3.05) is 0 Å². The van der Waals surface area contributed by atoms with Crippen molar-refractivity contribution in [3.8, 4) is 11.4 Å². The van der Waals surface area contributed by atoms with Gasteiger partial charge in [-0.15, -0.1) is 0 Å². The molecule has 0 fully saturated rings. The number of halogens is 1. The van der Waals surface area contributed by atoms with E-state index in [0.717, 1.165) is 56.0 Å². The fourth-order valence-electron chi connectivity index (χ4n) is 4.36. The maximum absolute atomic E-state index is 12.7. The number of aromatic amines is 1. The van der Waals surface area contributed by atoms with Crippen molar-refractivity contribution in [3.63, 3.8) is 0 Å². The highest BCUT2D eigenvalue weighted by atomic mass is 35.5. The molecule has 5 nitrogen and oxygen atoms in total. The third-order valence-electron chi connectivity index (χ3n) is 6.01. The molecule has 0 radical (unpaired) electrons. The van der Waals surface area contributed by atoms with E-state index in [1.807, 2.05) is 66.7 Å². The fraction of sp³-hybridized carbons (Fsp3) is 0.107. The summed E-state index contributed by atoms with van der Waals surface area (Å²) in [5.41, 5.74) is 6.34. The zero-order valence-electron chi connectivity index (χ0n) is 18.6. The van der Waals surface area contributed by atoms with Crippen LogP contribution >= 0.6 is 23.4 Å². The molecule has 35 heavy (non-hydrogen) atoms. The Labute approximate surface area is 210 Å². The van der Waals surface area contributed by atoms with Crippen LogP contribution in [0.15, 0.2) is 88.5 Å². The first-order valence-electron chi connectivity index (χ1n) is 11.4. The highest BCUT2D eigenvalue weighted by Crippen LogP contribution is 2.34. The molecule has 0 atom stereocenters. The normalized spacial score (nSPS) is 11.6. The van der Waals surface area contributed by atoms with Crippen LogP contribution in [0.2, 0.25) is 5.02 Å². The van der Waals surface area contributed by atoms with E-state index in [4.69, 9.17) is 21.0 Å². The zero-order valence-corrected chi connectivity index (χ0v) is 20.2. The number of nitrogens with zero attached hydrogens (tertiary/aromatic N) is 2. The first kappa shape index (κ1) is 21.9. The number of hydrogen-bond acceptors (Lipinski definition) is 5. The van der Waals surface area contributed by atoms with Gasteiger partial charge >= 0.3 is 0 Å². The highest BCUT2D eigenvalue weighted by Gasteiger charge is 2.17. The van der Waals surface area contributed by atoms with E-state index in [0.29, 0.717) is 35.1 Å². The Balaban J connectivity index is 1.25. The molecule has 0 aliphatic rings. The molecule has 3 aromatic heterocycles. The Bertz CT molecular complexity index is 1670. The Hall–Kier alpha value is -3.61. The van der Waals surface area contributed by atoms with Gasteiger partial charge in [0.15, 0.2) is 10.7 Å². The van der Waals surface area contributed by atoms with Gasteiger partial charge in [0.25, 0.3) is 5.22 Å². The van der Waals surface area contributed by atoms with Gasteiger partial charge in [-0.25, -0.2) is 9.97 Å². The number of para-hydroxylation sites is 3. The van der Waals surface area contributed by atoms with E-state index < -0.39 is 0 Å². The number of carbonyl (C=O) groups excluding carboxylic acids is 1. The second kappa shape index (κ2) is 9.21. The summed E-state index contributed by atoms with van der Waals surface area (Å²) < 4.78 is 5.68. The summed E-state index contributed by atoms with van der Waals surface area (Å²) in [7, 11) is 0. The summed E-state index contributed by atoms with van der Waals surface area (Å²) in [4.78, 5) is 25.5.